The van der Waals surface area contributed by atoms with Crippen molar-refractivity contribution in [3.05, 3.63) is 75.5 Å². The number of nitrogens with zero attached hydrogens (tertiary/aromatic N) is 1. The Kier molecular flexibility index (Phi) is 5.57. The monoisotopic (exact) mass is 384 g/mol. The van der Waals surface area contributed by atoms with Crippen molar-refractivity contribution in [1.29, 1.82) is 0 Å². The maximum Gasteiger partial charge on any atom is 0.338 e. The van der Waals surface area contributed by atoms with Crippen LogP contribution >= 0.6 is 11.6 Å². The molecular formula is C20H17ClN2O4. The molecule has 0 atom stereocenters. The summed E-state index contributed by atoms with van der Waals surface area (Å²) in [6, 6.07) is 12.8. The van der Waals surface area contributed by atoms with Crippen molar-refractivity contribution in [3.63, 3.8) is 0 Å². The third kappa shape index (κ3) is 4.35. The molecule has 1 aromatic heterocycles. The van der Waals surface area contributed by atoms with E-state index in [2.05, 4.69) is 5.32 Å². The molecule has 0 bridgehead atoms. The van der Waals surface area contributed by atoms with Crippen molar-refractivity contribution in [2.24, 2.45) is 0 Å². The maximum absolute atomic E-state index is 12.4. The van der Waals surface area contributed by atoms with Gasteiger partial charge >= 0.3 is 5.97 Å². The highest BCUT2D eigenvalue weighted by Crippen LogP contribution is 2.17. The summed E-state index contributed by atoms with van der Waals surface area (Å²) in [6.07, 6.45) is 1.57. The van der Waals surface area contributed by atoms with Gasteiger partial charge in [-0.2, -0.15) is 0 Å². The van der Waals surface area contributed by atoms with Gasteiger partial charge in [-0.15, -0.1) is 0 Å². The van der Waals surface area contributed by atoms with Crippen molar-refractivity contribution >= 4 is 40.1 Å². The molecule has 6 nitrogen and oxygen atoms in total. The number of amides is 1. The van der Waals surface area contributed by atoms with Crippen molar-refractivity contribution in [2.75, 3.05) is 11.9 Å². The van der Waals surface area contributed by atoms with Crippen LogP contribution in [0.15, 0.2) is 59.5 Å². The molecule has 7 heteroatoms. The van der Waals surface area contributed by atoms with Crippen molar-refractivity contribution < 1.29 is 14.3 Å². The van der Waals surface area contributed by atoms with Gasteiger partial charge in [0.05, 0.1) is 17.7 Å². The van der Waals surface area contributed by atoms with Crippen LogP contribution in [0.2, 0.25) is 5.02 Å². The van der Waals surface area contributed by atoms with Gasteiger partial charge in [-0.3, -0.25) is 9.59 Å². The first-order valence-electron chi connectivity index (χ1n) is 8.33. The number of carbonyl (C=O) groups is 2. The van der Waals surface area contributed by atoms with Crippen LogP contribution in [0.5, 0.6) is 0 Å². The summed E-state index contributed by atoms with van der Waals surface area (Å²) in [5.41, 5.74) is 1.44. The zero-order valence-corrected chi connectivity index (χ0v) is 15.3. The number of anilines is 1. The van der Waals surface area contributed by atoms with Crippen LogP contribution in [-0.2, 0) is 16.1 Å². The van der Waals surface area contributed by atoms with Gasteiger partial charge in [0.2, 0.25) is 5.91 Å². The topological polar surface area (TPSA) is 77.4 Å². The smallest absolute Gasteiger partial charge is 0.338 e. The molecule has 27 heavy (non-hydrogen) atoms. The average Bonchev–Trinajstić information content (AvgIpc) is 2.65. The Morgan fingerprint density at radius 3 is 2.56 bits per heavy atom. The molecule has 0 fully saturated rings. The quantitative estimate of drug-likeness (QED) is 0.683. The van der Waals surface area contributed by atoms with Gasteiger partial charge in [-0.1, -0.05) is 11.6 Å². The number of fused-ring (bicyclic) bond motifs is 1. The van der Waals surface area contributed by atoms with Crippen molar-refractivity contribution in [1.82, 2.24) is 4.57 Å². The van der Waals surface area contributed by atoms with Crippen LogP contribution < -0.4 is 10.7 Å². The highest BCUT2D eigenvalue weighted by Gasteiger charge is 2.10. The molecule has 2 aromatic carbocycles. The number of halogens is 1. The minimum atomic E-state index is -0.409. The lowest BCUT2D eigenvalue weighted by Gasteiger charge is -2.11. The van der Waals surface area contributed by atoms with E-state index in [0.717, 1.165) is 0 Å². The summed E-state index contributed by atoms with van der Waals surface area (Å²) in [7, 11) is 0. The highest BCUT2D eigenvalue weighted by atomic mass is 35.5. The van der Waals surface area contributed by atoms with Crippen LogP contribution in [0.1, 0.15) is 17.3 Å². The molecule has 0 aliphatic carbocycles. The van der Waals surface area contributed by atoms with Gasteiger partial charge < -0.3 is 14.6 Å². The number of hydrogen-bond acceptors (Lipinski definition) is 4. The molecule has 1 heterocycles. The van der Waals surface area contributed by atoms with Crippen LogP contribution in [0.3, 0.4) is 0 Å². The first-order chi connectivity index (χ1) is 13.0. The molecule has 138 valence electrons. The molecule has 3 rings (SSSR count). The molecule has 0 radical (unpaired) electrons. The zero-order chi connectivity index (χ0) is 19.4. The normalized spacial score (nSPS) is 10.6. The van der Waals surface area contributed by atoms with E-state index in [1.807, 2.05) is 0 Å². The Balaban J connectivity index is 1.75. The molecule has 0 spiro atoms. The minimum Gasteiger partial charge on any atom is -0.462 e. The van der Waals surface area contributed by atoms with Crippen LogP contribution in [-0.4, -0.2) is 23.1 Å². The van der Waals surface area contributed by atoms with Crippen LogP contribution in [0.25, 0.3) is 10.9 Å². The molecule has 1 amide bonds. The number of nitrogens with one attached hydrogen (secondary N) is 1. The maximum atomic E-state index is 12.4. The number of ether oxygens (including phenoxy) is 1. The van der Waals surface area contributed by atoms with Gasteiger partial charge in [0.1, 0.15) is 6.54 Å². The molecule has 3 aromatic rings. The Hall–Kier alpha value is -3.12. The fourth-order valence-electron chi connectivity index (χ4n) is 2.68. The number of benzene rings is 2. The number of carbonyl (C=O) groups excluding carboxylic acids is 2. The summed E-state index contributed by atoms with van der Waals surface area (Å²) in [6.45, 7) is 2.06. The van der Waals surface area contributed by atoms with E-state index < -0.39 is 5.97 Å². The number of pyridine rings is 1. The van der Waals surface area contributed by atoms with E-state index in [-0.39, 0.29) is 17.9 Å². The van der Waals surface area contributed by atoms with E-state index in [1.165, 1.54) is 6.07 Å². The van der Waals surface area contributed by atoms with Crippen LogP contribution in [0, 0.1) is 0 Å². The van der Waals surface area contributed by atoms with Crippen molar-refractivity contribution in [3.8, 4) is 0 Å². The molecule has 0 aliphatic heterocycles. The fourth-order valence-corrected chi connectivity index (χ4v) is 2.85. The number of esters is 1. The predicted molar refractivity (Wildman–Crippen MR) is 104 cm³/mol. The number of aromatic nitrogens is 1. The lowest BCUT2D eigenvalue weighted by Crippen LogP contribution is -2.20. The summed E-state index contributed by atoms with van der Waals surface area (Å²) < 4.78 is 6.60. The minimum absolute atomic E-state index is 0.0258. The first-order valence-corrected chi connectivity index (χ1v) is 8.71. The molecule has 1 N–H and O–H groups in total. The molecular weight excluding hydrogens is 368 g/mol. The van der Waals surface area contributed by atoms with E-state index in [1.54, 1.807) is 60.2 Å². The molecule has 0 unspecified atom stereocenters. The van der Waals surface area contributed by atoms with E-state index in [0.29, 0.717) is 33.8 Å². The lowest BCUT2D eigenvalue weighted by atomic mass is 10.2. The second-order valence-electron chi connectivity index (χ2n) is 5.82. The lowest BCUT2D eigenvalue weighted by molar-refractivity contribution is -0.116. The fraction of sp³-hybridized carbons (Fsp3) is 0.150. The van der Waals surface area contributed by atoms with Crippen molar-refractivity contribution in [2.45, 2.75) is 13.5 Å². The van der Waals surface area contributed by atoms with Gasteiger partial charge in [-0.05, 0) is 49.4 Å². The summed E-state index contributed by atoms with van der Waals surface area (Å²) >= 11 is 5.95. The average molecular weight is 385 g/mol. The Bertz CT molecular complexity index is 1060. The van der Waals surface area contributed by atoms with E-state index >= 15 is 0 Å². The number of hydrogen-bond donors (Lipinski definition) is 1. The Morgan fingerprint density at radius 2 is 1.85 bits per heavy atom. The standard InChI is InChI=1S/C20H17ClN2O4/c1-2-27-20(26)13-3-6-15(7-4-13)22-19(25)12-23-10-9-18(24)16-11-14(21)5-8-17(16)23/h3-11H,2,12H2,1H3,(H,22,25). The predicted octanol–water partition coefficient (Wildman–Crippen LogP) is 3.47. The largest absolute Gasteiger partial charge is 0.462 e. The Labute approximate surface area is 160 Å². The third-order valence-electron chi connectivity index (χ3n) is 3.93. The SMILES string of the molecule is CCOC(=O)c1ccc(NC(=O)Cn2ccc(=O)c3cc(Cl)ccc32)cc1. The highest BCUT2D eigenvalue weighted by molar-refractivity contribution is 6.31. The second kappa shape index (κ2) is 8.05. The van der Waals surface area contributed by atoms with Crippen LogP contribution in [0.4, 0.5) is 5.69 Å². The van der Waals surface area contributed by atoms with Gasteiger partial charge in [0.15, 0.2) is 5.43 Å². The summed E-state index contributed by atoms with van der Waals surface area (Å²) in [5, 5.41) is 3.68. The summed E-state index contributed by atoms with van der Waals surface area (Å²) in [5.74, 6) is -0.674. The van der Waals surface area contributed by atoms with Gasteiger partial charge in [0.25, 0.3) is 0 Å². The third-order valence-corrected chi connectivity index (χ3v) is 4.17. The molecule has 0 aliphatic rings. The molecule has 0 saturated heterocycles. The van der Waals surface area contributed by atoms with Gasteiger partial charge in [-0.25, -0.2) is 4.79 Å². The summed E-state index contributed by atoms with van der Waals surface area (Å²) in [4.78, 5) is 36.0. The zero-order valence-electron chi connectivity index (χ0n) is 14.6. The second-order valence-corrected chi connectivity index (χ2v) is 6.25. The Morgan fingerprint density at radius 1 is 1.11 bits per heavy atom. The molecule has 0 saturated carbocycles. The number of rotatable bonds is 5. The van der Waals surface area contributed by atoms with Gasteiger partial charge in [0, 0.05) is 28.4 Å². The first kappa shape index (κ1) is 18.7. The van der Waals surface area contributed by atoms with E-state index in [4.69, 9.17) is 16.3 Å². The van der Waals surface area contributed by atoms with E-state index in [9.17, 15) is 14.4 Å².